The Labute approximate surface area is 193 Å². The lowest BCUT2D eigenvalue weighted by Crippen LogP contribution is -2.49. The molecule has 174 valence electrons. The smallest absolute Gasteiger partial charge is 0.242 e. The van der Waals surface area contributed by atoms with Gasteiger partial charge in [-0.2, -0.15) is 0 Å². The van der Waals surface area contributed by atoms with Crippen molar-refractivity contribution in [2.45, 2.75) is 72.4 Å². The van der Waals surface area contributed by atoms with Crippen LogP contribution in [0.3, 0.4) is 0 Å². The fourth-order valence-corrected chi connectivity index (χ4v) is 3.59. The molecular weight excluding hydrogens is 400 g/mol. The minimum Gasteiger partial charge on any atom is -0.494 e. The predicted molar refractivity (Wildman–Crippen MR) is 130 cm³/mol. The summed E-state index contributed by atoms with van der Waals surface area (Å²) in [5.41, 5.74) is 3.37. The molecule has 5 heteroatoms. The van der Waals surface area contributed by atoms with E-state index in [0.29, 0.717) is 39.0 Å². The third kappa shape index (κ3) is 8.03. The highest BCUT2D eigenvalue weighted by molar-refractivity contribution is 5.87. The van der Waals surface area contributed by atoms with E-state index in [2.05, 4.69) is 12.2 Å². The Bertz CT molecular complexity index is 848. The van der Waals surface area contributed by atoms with Gasteiger partial charge in [-0.1, -0.05) is 62.2 Å². The van der Waals surface area contributed by atoms with Gasteiger partial charge in [-0.15, -0.1) is 0 Å². The second-order valence-electron chi connectivity index (χ2n) is 8.28. The van der Waals surface area contributed by atoms with Gasteiger partial charge in [-0.3, -0.25) is 9.59 Å². The second kappa shape index (κ2) is 13.6. The molecule has 0 aliphatic carbocycles. The molecule has 0 heterocycles. The van der Waals surface area contributed by atoms with E-state index in [9.17, 15) is 9.59 Å². The van der Waals surface area contributed by atoms with Gasteiger partial charge in [0.25, 0.3) is 0 Å². The molecule has 32 heavy (non-hydrogen) atoms. The summed E-state index contributed by atoms with van der Waals surface area (Å²) in [4.78, 5) is 27.9. The number of unbranched alkanes of at least 4 members (excludes halogenated alkanes) is 1. The highest BCUT2D eigenvalue weighted by atomic mass is 16.5. The Morgan fingerprint density at radius 3 is 2.38 bits per heavy atom. The Balaban J connectivity index is 2.04. The molecule has 1 atom stereocenters. The van der Waals surface area contributed by atoms with Crippen LogP contribution in [0.4, 0.5) is 0 Å². The third-order valence-corrected chi connectivity index (χ3v) is 5.64. The summed E-state index contributed by atoms with van der Waals surface area (Å²) in [6, 6.07) is 15.4. The van der Waals surface area contributed by atoms with Gasteiger partial charge in [0.15, 0.2) is 0 Å². The molecule has 1 N–H and O–H groups in total. The predicted octanol–water partition coefficient (Wildman–Crippen LogP) is 5.19. The molecular formula is C27H38N2O3. The first-order valence-electron chi connectivity index (χ1n) is 11.8. The molecule has 2 amide bonds. The molecule has 0 saturated carbocycles. The van der Waals surface area contributed by atoms with Gasteiger partial charge in [0.1, 0.15) is 11.8 Å². The minimum absolute atomic E-state index is 0.0155. The molecule has 0 aliphatic rings. The van der Waals surface area contributed by atoms with Crippen molar-refractivity contribution in [1.82, 2.24) is 10.2 Å². The SMILES string of the molecule is CCCCNC(=O)C(CC)N(Cc1ccccc1C)C(=O)CCCOc1ccc(C)cc1. The van der Waals surface area contributed by atoms with Gasteiger partial charge >= 0.3 is 0 Å². The zero-order valence-corrected chi connectivity index (χ0v) is 20.0. The summed E-state index contributed by atoms with van der Waals surface area (Å²) in [5, 5.41) is 3.01. The fourth-order valence-electron chi connectivity index (χ4n) is 3.59. The lowest BCUT2D eigenvalue weighted by atomic mass is 10.1. The highest BCUT2D eigenvalue weighted by Crippen LogP contribution is 2.17. The van der Waals surface area contributed by atoms with Crippen LogP contribution in [0.5, 0.6) is 5.75 Å². The average Bonchev–Trinajstić information content (AvgIpc) is 2.79. The van der Waals surface area contributed by atoms with E-state index < -0.39 is 6.04 Å². The summed E-state index contributed by atoms with van der Waals surface area (Å²) < 4.78 is 5.78. The fraction of sp³-hybridized carbons (Fsp3) is 0.481. The Morgan fingerprint density at radius 2 is 1.72 bits per heavy atom. The van der Waals surface area contributed by atoms with E-state index in [1.54, 1.807) is 4.90 Å². The van der Waals surface area contributed by atoms with Crippen LogP contribution >= 0.6 is 0 Å². The molecule has 2 aromatic rings. The highest BCUT2D eigenvalue weighted by Gasteiger charge is 2.28. The number of carbonyl (C=O) groups is 2. The topological polar surface area (TPSA) is 58.6 Å². The number of nitrogens with one attached hydrogen (secondary N) is 1. The van der Waals surface area contributed by atoms with Crippen molar-refractivity contribution in [2.75, 3.05) is 13.2 Å². The number of rotatable bonds is 13. The largest absolute Gasteiger partial charge is 0.494 e. The Kier molecular flexibility index (Phi) is 10.8. The maximum absolute atomic E-state index is 13.2. The number of hydrogen-bond acceptors (Lipinski definition) is 3. The van der Waals surface area contributed by atoms with Gasteiger partial charge in [0.05, 0.1) is 6.61 Å². The van der Waals surface area contributed by atoms with Crippen LogP contribution in [0.1, 0.15) is 62.6 Å². The summed E-state index contributed by atoms with van der Waals surface area (Å²) in [5.74, 6) is 0.721. The van der Waals surface area contributed by atoms with Crippen molar-refractivity contribution in [3.05, 3.63) is 65.2 Å². The number of hydrogen-bond donors (Lipinski definition) is 1. The van der Waals surface area contributed by atoms with Gasteiger partial charge in [-0.25, -0.2) is 0 Å². The van der Waals surface area contributed by atoms with Crippen molar-refractivity contribution in [1.29, 1.82) is 0 Å². The molecule has 2 rings (SSSR count). The molecule has 0 bridgehead atoms. The molecule has 5 nitrogen and oxygen atoms in total. The van der Waals surface area contributed by atoms with E-state index >= 15 is 0 Å². The molecule has 0 saturated heterocycles. The first kappa shape index (κ1) is 25.4. The van der Waals surface area contributed by atoms with Crippen LogP contribution in [-0.4, -0.2) is 35.9 Å². The zero-order chi connectivity index (χ0) is 23.3. The number of nitrogens with zero attached hydrogens (tertiary/aromatic N) is 1. The first-order valence-corrected chi connectivity index (χ1v) is 11.8. The molecule has 0 aliphatic heterocycles. The maximum atomic E-state index is 13.2. The lowest BCUT2D eigenvalue weighted by molar-refractivity contribution is -0.141. The van der Waals surface area contributed by atoms with E-state index in [0.717, 1.165) is 29.7 Å². The van der Waals surface area contributed by atoms with Gasteiger partial charge in [0, 0.05) is 19.5 Å². The number of ether oxygens (including phenoxy) is 1. The number of aryl methyl sites for hydroxylation is 2. The van der Waals surface area contributed by atoms with Crippen molar-refractivity contribution < 1.29 is 14.3 Å². The molecule has 2 aromatic carbocycles. The van der Waals surface area contributed by atoms with Gasteiger partial charge in [0.2, 0.25) is 11.8 Å². The van der Waals surface area contributed by atoms with Crippen molar-refractivity contribution in [3.8, 4) is 5.75 Å². The van der Waals surface area contributed by atoms with Crippen LogP contribution < -0.4 is 10.1 Å². The number of benzene rings is 2. The van der Waals surface area contributed by atoms with E-state index in [-0.39, 0.29) is 11.8 Å². The average molecular weight is 439 g/mol. The molecule has 0 fully saturated rings. The number of carbonyl (C=O) groups excluding carboxylic acids is 2. The second-order valence-corrected chi connectivity index (χ2v) is 8.28. The zero-order valence-electron chi connectivity index (χ0n) is 20.0. The Morgan fingerprint density at radius 1 is 1.00 bits per heavy atom. The maximum Gasteiger partial charge on any atom is 0.242 e. The van der Waals surface area contributed by atoms with Crippen LogP contribution in [0, 0.1) is 13.8 Å². The monoisotopic (exact) mass is 438 g/mol. The normalized spacial score (nSPS) is 11.6. The summed E-state index contributed by atoms with van der Waals surface area (Å²) in [6.45, 7) is 9.67. The van der Waals surface area contributed by atoms with E-state index in [1.807, 2.05) is 69.3 Å². The minimum atomic E-state index is -0.475. The standard InChI is InChI=1S/C27H38N2O3/c1-5-7-18-28-27(31)25(6-2)29(20-23-12-9-8-11-22(23)4)26(30)13-10-19-32-24-16-14-21(3)15-17-24/h8-9,11-12,14-17,25H,5-7,10,13,18-20H2,1-4H3,(H,28,31). The molecule has 0 spiro atoms. The van der Waals surface area contributed by atoms with Crippen LogP contribution in [0.25, 0.3) is 0 Å². The Hall–Kier alpha value is -2.82. The third-order valence-electron chi connectivity index (χ3n) is 5.64. The van der Waals surface area contributed by atoms with Crippen molar-refractivity contribution in [2.24, 2.45) is 0 Å². The van der Waals surface area contributed by atoms with E-state index in [4.69, 9.17) is 4.74 Å². The van der Waals surface area contributed by atoms with E-state index in [1.165, 1.54) is 5.56 Å². The van der Waals surface area contributed by atoms with Crippen LogP contribution in [0.15, 0.2) is 48.5 Å². The van der Waals surface area contributed by atoms with Crippen LogP contribution in [0.2, 0.25) is 0 Å². The molecule has 0 radical (unpaired) electrons. The summed E-state index contributed by atoms with van der Waals surface area (Å²) in [7, 11) is 0. The van der Waals surface area contributed by atoms with Crippen molar-refractivity contribution in [3.63, 3.8) is 0 Å². The van der Waals surface area contributed by atoms with Crippen LogP contribution in [-0.2, 0) is 16.1 Å². The first-order chi connectivity index (χ1) is 15.5. The quantitative estimate of drug-likeness (QED) is 0.438. The van der Waals surface area contributed by atoms with Gasteiger partial charge in [-0.05, 0) is 56.4 Å². The number of amides is 2. The van der Waals surface area contributed by atoms with Crippen molar-refractivity contribution >= 4 is 11.8 Å². The summed E-state index contributed by atoms with van der Waals surface area (Å²) in [6.07, 6.45) is 3.48. The summed E-state index contributed by atoms with van der Waals surface area (Å²) >= 11 is 0. The molecule has 0 aromatic heterocycles. The lowest BCUT2D eigenvalue weighted by Gasteiger charge is -2.31. The van der Waals surface area contributed by atoms with Gasteiger partial charge < -0.3 is 15.0 Å². The molecule has 1 unspecified atom stereocenters.